The van der Waals surface area contributed by atoms with E-state index >= 15 is 0 Å². The van der Waals surface area contributed by atoms with Crippen LogP contribution in [0, 0.1) is 6.92 Å². The van der Waals surface area contributed by atoms with Gasteiger partial charge in [0.2, 0.25) is 0 Å². The number of aryl methyl sites for hydroxylation is 1. The summed E-state index contributed by atoms with van der Waals surface area (Å²) in [6, 6.07) is 9.27. The average molecular weight is 388 g/mol. The van der Waals surface area contributed by atoms with Crippen molar-refractivity contribution in [1.29, 1.82) is 0 Å². The first-order valence-electron chi connectivity index (χ1n) is 10.6. The summed E-state index contributed by atoms with van der Waals surface area (Å²) in [5, 5.41) is 7.25. The van der Waals surface area contributed by atoms with Crippen LogP contribution in [0.5, 0.6) is 0 Å². The Morgan fingerprint density at radius 2 is 1.96 bits per heavy atom. The lowest BCUT2D eigenvalue weighted by Gasteiger charge is -2.43. The summed E-state index contributed by atoms with van der Waals surface area (Å²) in [6.07, 6.45) is 4.47. The van der Waals surface area contributed by atoms with Gasteiger partial charge in [-0.2, -0.15) is 0 Å². The van der Waals surface area contributed by atoms with E-state index in [2.05, 4.69) is 70.7 Å². The molecule has 0 radical (unpaired) electrons. The van der Waals surface area contributed by atoms with E-state index in [1.54, 1.807) is 0 Å². The molecule has 1 aromatic carbocycles. The number of rotatable bonds is 5. The fraction of sp³-hybridized carbons (Fsp3) is 0.682. The molecule has 2 aliphatic heterocycles. The number of aliphatic imine (C=N–C) groups is 1. The minimum absolute atomic E-state index is 0.135. The molecule has 2 saturated heterocycles. The van der Waals surface area contributed by atoms with Crippen molar-refractivity contribution in [2.75, 3.05) is 58.9 Å². The fourth-order valence-corrected chi connectivity index (χ4v) is 4.25. The van der Waals surface area contributed by atoms with Crippen molar-refractivity contribution in [3.63, 3.8) is 0 Å². The van der Waals surface area contributed by atoms with Gasteiger partial charge in [0.15, 0.2) is 5.96 Å². The van der Waals surface area contributed by atoms with Crippen LogP contribution in [-0.4, -0.2) is 76.4 Å². The number of nitrogens with zero attached hydrogens (tertiary/aromatic N) is 3. The molecule has 6 heteroatoms. The molecule has 2 heterocycles. The first-order chi connectivity index (χ1) is 13.5. The number of guanidine groups is 1. The molecule has 2 aliphatic rings. The van der Waals surface area contributed by atoms with Crippen molar-refractivity contribution in [3.8, 4) is 0 Å². The zero-order valence-corrected chi connectivity index (χ0v) is 18.0. The standard InChI is InChI=1S/C22H37N5O/c1-18-7-9-20(10-8-18)27-13-5-6-19(16-27)25-21(23-2)24-17-22(26(3)4)11-14-28-15-12-22/h7-10,19H,5-6,11-17H2,1-4H3,(H2,23,24,25). The zero-order valence-electron chi connectivity index (χ0n) is 18.0. The zero-order chi connectivity index (χ0) is 20.0. The molecule has 0 amide bonds. The van der Waals surface area contributed by atoms with Gasteiger partial charge in [-0.05, 0) is 58.8 Å². The summed E-state index contributed by atoms with van der Waals surface area (Å²) in [4.78, 5) is 9.32. The van der Waals surface area contributed by atoms with Gasteiger partial charge in [0.05, 0.1) is 0 Å². The van der Waals surface area contributed by atoms with Crippen LogP contribution in [0.15, 0.2) is 29.3 Å². The molecular weight excluding hydrogens is 350 g/mol. The highest BCUT2D eigenvalue weighted by molar-refractivity contribution is 5.80. The van der Waals surface area contributed by atoms with Crippen LogP contribution in [0.25, 0.3) is 0 Å². The molecule has 28 heavy (non-hydrogen) atoms. The summed E-state index contributed by atoms with van der Waals surface area (Å²) in [5.74, 6) is 0.906. The van der Waals surface area contributed by atoms with Gasteiger partial charge >= 0.3 is 0 Å². The first-order valence-corrected chi connectivity index (χ1v) is 10.6. The van der Waals surface area contributed by atoms with Crippen LogP contribution in [0.1, 0.15) is 31.2 Å². The molecule has 156 valence electrons. The Kier molecular flexibility index (Phi) is 7.18. The molecule has 3 rings (SSSR count). The number of benzene rings is 1. The quantitative estimate of drug-likeness (QED) is 0.599. The monoisotopic (exact) mass is 387 g/mol. The smallest absolute Gasteiger partial charge is 0.191 e. The minimum atomic E-state index is 0.135. The van der Waals surface area contributed by atoms with Crippen molar-refractivity contribution in [2.24, 2.45) is 4.99 Å². The van der Waals surface area contributed by atoms with Crippen LogP contribution < -0.4 is 15.5 Å². The summed E-state index contributed by atoms with van der Waals surface area (Å²) in [6.45, 7) is 6.82. The Morgan fingerprint density at radius 3 is 2.61 bits per heavy atom. The third kappa shape index (κ3) is 5.17. The second-order valence-electron chi connectivity index (χ2n) is 8.42. The van der Waals surface area contributed by atoms with Crippen molar-refractivity contribution in [2.45, 2.75) is 44.2 Å². The first kappa shape index (κ1) is 20.9. The third-order valence-corrected chi connectivity index (χ3v) is 6.34. The summed E-state index contributed by atoms with van der Waals surface area (Å²) >= 11 is 0. The van der Waals surface area contributed by atoms with Gasteiger partial charge in [-0.1, -0.05) is 17.7 Å². The number of anilines is 1. The van der Waals surface area contributed by atoms with Crippen LogP contribution in [0.3, 0.4) is 0 Å². The van der Waals surface area contributed by atoms with Crippen molar-refractivity contribution < 1.29 is 4.74 Å². The highest BCUT2D eigenvalue weighted by atomic mass is 16.5. The Labute approximate surface area is 170 Å². The number of ether oxygens (including phenoxy) is 1. The molecule has 1 aromatic rings. The highest BCUT2D eigenvalue weighted by Crippen LogP contribution is 2.25. The summed E-state index contributed by atoms with van der Waals surface area (Å²) in [7, 11) is 6.20. The fourth-order valence-electron chi connectivity index (χ4n) is 4.25. The van der Waals surface area contributed by atoms with E-state index in [-0.39, 0.29) is 5.54 Å². The normalized spacial score (nSPS) is 23.0. The van der Waals surface area contributed by atoms with Gasteiger partial charge in [0.1, 0.15) is 0 Å². The van der Waals surface area contributed by atoms with Gasteiger partial charge in [-0.15, -0.1) is 0 Å². The lowest BCUT2D eigenvalue weighted by atomic mass is 9.88. The molecule has 0 saturated carbocycles. The van der Waals surface area contributed by atoms with E-state index in [1.165, 1.54) is 24.1 Å². The Hall–Kier alpha value is -1.79. The molecule has 0 aromatic heterocycles. The number of nitrogens with one attached hydrogen (secondary N) is 2. The number of piperidine rings is 1. The molecule has 2 N–H and O–H groups in total. The highest BCUT2D eigenvalue weighted by Gasteiger charge is 2.35. The van der Waals surface area contributed by atoms with E-state index < -0.39 is 0 Å². The predicted molar refractivity (Wildman–Crippen MR) is 117 cm³/mol. The molecule has 0 spiro atoms. The van der Waals surface area contributed by atoms with Crippen molar-refractivity contribution in [1.82, 2.24) is 15.5 Å². The Bertz CT molecular complexity index is 637. The van der Waals surface area contributed by atoms with Gasteiger partial charge in [0.25, 0.3) is 0 Å². The van der Waals surface area contributed by atoms with Gasteiger partial charge in [-0.3, -0.25) is 4.99 Å². The van der Waals surface area contributed by atoms with E-state index in [0.29, 0.717) is 6.04 Å². The van der Waals surface area contributed by atoms with Crippen LogP contribution in [-0.2, 0) is 4.74 Å². The van der Waals surface area contributed by atoms with Crippen LogP contribution in [0.4, 0.5) is 5.69 Å². The number of likely N-dealkylation sites (N-methyl/N-ethyl adjacent to an activating group) is 1. The summed E-state index contributed by atoms with van der Waals surface area (Å²) in [5.41, 5.74) is 2.76. The van der Waals surface area contributed by atoms with Gasteiger partial charge < -0.3 is 25.2 Å². The third-order valence-electron chi connectivity index (χ3n) is 6.34. The van der Waals surface area contributed by atoms with Gasteiger partial charge in [0, 0.05) is 57.2 Å². The second-order valence-corrected chi connectivity index (χ2v) is 8.42. The maximum absolute atomic E-state index is 5.58. The maximum atomic E-state index is 5.58. The predicted octanol–water partition coefficient (Wildman–Crippen LogP) is 2.24. The topological polar surface area (TPSA) is 52.1 Å². The molecule has 1 unspecified atom stereocenters. The lowest BCUT2D eigenvalue weighted by Crippen LogP contribution is -2.58. The number of hydrogen-bond acceptors (Lipinski definition) is 4. The Balaban J connectivity index is 1.55. The molecular formula is C22H37N5O. The van der Waals surface area contributed by atoms with E-state index in [1.807, 2.05) is 7.05 Å². The molecule has 1 atom stereocenters. The lowest BCUT2D eigenvalue weighted by molar-refractivity contribution is -0.00503. The molecule has 6 nitrogen and oxygen atoms in total. The van der Waals surface area contributed by atoms with Crippen molar-refractivity contribution >= 4 is 11.6 Å². The molecule has 0 bridgehead atoms. The van der Waals surface area contributed by atoms with Crippen molar-refractivity contribution in [3.05, 3.63) is 29.8 Å². The summed E-state index contributed by atoms with van der Waals surface area (Å²) < 4.78 is 5.58. The minimum Gasteiger partial charge on any atom is -0.381 e. The van der Waals surface area contributed by atoms with E-state index in [0.717, 1.165) is 51.6 Å². The largest absolute Gasteiger partial charge is 0.381 e. The van der Waals surface area contributed by atoms with Crippen LogP contribution in [0.2, 0.25) is 0 Å². The van der Waals surface area contributed by atoms with E-state index in [4.69, 9.17) is 4.74 Å². The SMILES string of the molecule is CN=C(NCC1(N(C)C)CCOCC1)NC1CCCN(c2ccc(C)cc2)C1. The Morgan fingerprint density at radius 1 is 1.25 bits per heavy atom. The second kappa shape index (κ2) is 9.61. The molecule has 2 fully saturated rings. The molecule has 0 aliphatic carbocycles. The van der Waals surface area contributed by atoms with Crippen LogP contribution >= 0.6 is 0 Å². The number of hydrogen-bond donors (Lipinski definition) is 2. The van der Waals surface area contributed by atoms with E-state index in [9.17, 15) is 0 Å². The average Bonchev–Trinajstić information content (AvgIpc) is 2.72. The maximum Gasteiger partial charge on any atom is 0.191 e. The van der Waals surface area contributed by atoms with Gasteiger partial charge in [-0.25, -0.2) is 0 Å².